The van der Waals surface area contributed by atoms with E-state index in [-0.39, 0.29) is 17.8 Å². The molecule has 1 saturated heterocycles. The van der Waals surface area contributed by atoms with E-state index in [1.54, 1.807) is 33.8 Å². The molecule has 0 radical (unpaired) electrons. The van der Waals surface area contributed by atoms with E-state index in [9.17, 15) is 24.3 Å². The second-order valence-electron chi connectivity index (χ2n) is 8.65. The molecular weight excluding hydrogens is 392 g/mol. The Morgan fingerprint density at radius 3 is 2.47 bits per heavy atom. The first-order valence-electron chi connectivity index (χ1n) is 10.1. The fourth-order valence-electron chi connectivity index (χ4n) is 5.37. The maximum atomic E-state index is 13.1. The fourth-order valence-corrected chi connectivity index (χ4v) is 5.37. The van der Waals surface area contributed by atoms with Crippen LogP contribution >= 0.6 is 0 Å². The number of allylic oxidation sites excluding steroid dienone is 1. The zero-order chi connectivity index (χ0) is 22.5. The number of hydrogen-bond acceptors (Lipinski definition) is 8. The van der Waals surface area contributed by atoms with Crippen LogP contribution in [0.5, 0.6) is 0 Å². The molecule has 3 aliphatic rings. The van der Waals surface area contributed by atoms with Crippen molar-refractivity contribution >= 4 is 23.7 Å². The Labute approximate surface area is 175 Å². The molecule has 8 nitrogen and oxygen atoms in total. The zero-order valence-electron chi connectivity index (χ0n) is 17.8. The average molecular weight is 420 g/mol. The Kier molecular flexibility index (Phi) is 5.66. The molecule has 0 aromatic rings. The van der Waals surface area contributed by atoms with Crippen molar-refractivity contribution in [1.82, 2.24) is 0 Å². The maximum absolute atomic E-state index is 13.1. The van der Waals surface area contributed by atoms with Gasteiger partial charge in [0.15, 0.2) is 0 Å². The Hall–Kier alpha value is -2.48. The molecule has 8 unspecified atom stereocenters. The van der Waals surface area contributed by atoms with Gasteiger partial charge in [-0.15, -0.1) is 0 Å². The number of ether oxygens (including phenoxy) is 3. The number of aliphatic hydroxyl groups is 1. The molecule has 0 aromatic heterocycles. The van der Waals surface area contributed by atoms with Gasteiger partial charge in [0.05, 0.1) is 17.4 Å². The van der Waals surface area contributed by atoms with Gasteiger partial charge in [-0.25, -0.2) is 9.59 Å². The minimum absolute atomic E-state index is 0.0308. The topological polar surface area (TPSA) is 116 Å². The van der Waals surface area contributed by atoms with Crippen molar-refractivity contribution in [3.63, 3.8) is 0 Å². The first-order chi connectivity index (χ1) is 13.9. The molecule has 0 aromatic carbocycles. The SMILES string of the molecule is C=C1C(=O)OC2C(C)C3C(O)CC(=O)C3(C)C(OC(=O)C(C)=CC)C1C2OC(C)=O. The zero-order valence-corrected chi connectivity index (χ0v) is 17.8. The quantitative estimate of drug-likeness (QED) is 0.415. The summed E-state index contributed by atoms with van der Waals surface area (Å²) in [7, 11) is 0. The van der Waals surface area contributed by atoms with Crippen molar-refractivity contribution in [3.8, 4) is 0 Å². The van der Waals surface area contributed by atoms with Crippen LogP contribution in [-0.2, 0) is 33.4 Å². The van der Waals surface area contributed by atoms with Crippen LogP contribution in [0.2, 0.25) is 0 Å². The van der Waals surface area contributed by atoms with Crippen LogP contribution < -0.4 is 0 Å². The Morgan fingerprint density at radius 1 is 1.27 bits per heavy atom. The molecule has 164 valence electrons. The van der Waals surface area contributed by atoms with Crippen LogP contribution in [0.3, 0.4) is 0 Å². The van der Waals surface area contributed by atoms with Gasteiger partial charge in [0.2, 0.25) is 0 Å². The summed E-state index contributed by atoms with van der Waals surface area (Å²) in [6.07, 6.45) is -2.59. The van der Waals surface area contributed by atoms with Crippen molar-refractivity contribution in [1.29, 1.82) is 0 Å². The van der Waals surface area contributed by atoms with Gasteiger partial charge in [-0.3, -0.25) is 9.59 Å². The molecule has 8 atom stereocenters. The Morgan fingerprint density at radius 2 is 1.90 bits per heavy atom. The smallest absolute Gasteiger partial charge is 0.334 e. The molecular formula is C22H28O8. The number of esters is 3. The maximum Gasteiger partial charge on any atom is 0.334 e. The van der Waals surface area contributed by atoms with Crippen molar-refractivity contribution in [2.75, 3.05) is 0 Å². The van der Waals surface area contributed by atoms with E-state index in [1.807, 2.05) is 0 Å². The second kappa shape index (κ2) is 7.65. The molecule has 1 N–H and O–H groups in total. The van der Waals surface area contributed by atoms with E-state index in [1.165, 1.54) is 6.92 Å². The molecule has 2 aliphatic carbocycles. The lowest BCUT2D eigenvalue weighted by molar-refractivity contribution is -0.188. The minimum Gasteiger partial charge on any atom is -0.458 e. The summed E-state index contributed by atoms with van der Waals surface area (Å²) < 4.78 is 16.9. The molecule has 1 aliphatic heterocycles. The Balaban J connectivity index is 2.23. The van der Waals surface area contributed by atoms with Crippen LogP contribution in [0.25, 0.3) is 0 Å². The second-order valence-corrected chi connectivity index (χ2v) is 8.65. The van der Waals surface area contributed by atoms with Crippen LogP contribution in [0, 0.1) is 23.2 Å². The number of ketones is 1. The standard InChI is InChI=1S/C22H28O8/c1-7-9(2)20(26)30-19-15-10(3)21(27)29-17(18(15)28-12(5)23)11(4)16-13(24)8-14(25)22(16,19)6/h7,11,13,15-19,24H,3,8H2,1-2,4-6H3. The Bertz CT molecular complexity index is 842. The summed E-state index contributed by atoms with van der Waals surface area (Å²) in [4.78, 5) is 50.3. The summed E-state index contributed by atoms with van der Waals surface area (Å²) in [5.74, 6) is -4.41. The van der Waals surface area contributed by atoms with Gasteiger partial charge in [-0.2, -0.15) is 0 Å². The highest BCUT2D eigenvalue weighted by molar-refractivity contribution is 5.94. The van der Waals surface area contributed by atoms with Crippen LogP contribution in [0.1, 0.15) is 41.0 Å². The van der Waals surface area contributed by atoms with Gasteiger partial charge in [0.25, 0.3) is 0 Å². The summed E-state index contributed by atoms with van der Waals surface area (Å²) in [6.45, 7) is 11.7. The fraction of sp³-hybridized carbons (Fsp3) is 0.636. The number of rotatable bonds is 3. The third-order valence-corrected chi connectivity index (χ3v) is 6.98. The molecule has 2 saturated carbocycles. The summed E-state index contributed by atoms with van der Waals surface area (Å²) in [6, 6.07) is 0. The largest absolute Gasteiger partial charge is 0.458 e. The minimum atomic E-state index is -1.31. The van der Waals surface area contributed by atoms with Crippen molar-refractivity contribution in [2.24, 2.45) is 23.2 Å². The predicted molar refractivity (Wildman–Crippen MR) is 104 cm³/mol. The van der Waals surface area contributed by atoms with Gasteiger partial charge >= 0.3 is 17.9 Å². The van der Waals surface area contributed by atoms with Gasteiger partial charge in [0.1, 0.15) is 24.1 Å². The van der Waals surface area contributed by atoms with Crippen LogP contribution in [-0.4, -0.2) is 53.2 Å². The summed E-state index contributed by atoms with van der Waals surface area (Å²) in [5, 5.41) is 10.7. The number of fused-ring (bicyclic) bond motifs is 3. The van der Waals surface area contributed by atoms with Gasteiger partial charge in [-0.05, 0) is 20.8 Å². The van der Waals surface area contributed by atoms with E-state index < -0.39 is 65.5 Å². The van der Waals surface area contributed by atoms with Gasteiger partial charge in [-0.1, -0.05) is 19.6 Å². The summed E-state index contributed by atoms with van der Waals surface area (Å²) >= 11 is 0. The van der Waals surface area contributed by atoms with Crippen molar-refractivity contribution in [3.05, 3.63) is 23.8 Å². The number of carbonyl (C=O) groups excluding carboxylic acids is 4. The molecule has 30 heavy (non-hydrogen) atoms. The molecule has 1 heterocycles. The number of carbonyl (C=O) groups is 4. The van der Waals surface area contributed by atoms with Crippen molar-refractivity contribution < 1.29 is 38.5 Å². The van der Waals surface area contributed by atoms with E-state index in [4.69, 9.17) is 14.2 Å². The lowest BCUT2D eigenvalue weighted by Gasteiger charge is -2.42. The highest BCUT2D eigenvalue weighted by Crippen LogP contribution is 2.57. The van der Waals surface area contributed by atoms with Gasteiger partial charge < -0.3 is 19.3 Å². The molecule has 0 amide bonds. The molecule has 8 heteroatoms. The highest BCUT2D eigenvalue weighted by Gasteiger charge is 2.68. The van der Waals surface area contributed by atoms with Gasteiger partial charge in [0, 0.05) is 36.3 Å². The molecule has 3 fully saturated rings. The molecule has 2 bridgehead atoms. The van der Waals surface area contributed by atoms with Crippen LogP contribution in [0.15, 0.2) is 23.8 Å². The monoisotopic (exact) mass is 420 g/mol. The normalized spacial score (nSPS) is 40.9. The highest BCUT2D eigenvalue weighted by atomic mass is 16.6. The number of Topliss-reactive ketones (excluding diaryl/α,β-unsaturated/α-hetero) is 1. The summed E-state index contributed by atoms with van der Waals surface area (Å²) in [5.41, 5.74) is -1.02. The first-order valence-corrected chi connectivity index (χ1v) is 10.1. The third kappa shape index (κ3) is 3.17. The predicted octanol–water partition coefficient (Wildman–Crippen LogP) is 1.50. The first kappa shape index (κ1) is 22.2. The van der Waals surface area contributed by atoms with Crippen molar-refractivity contribution in [2.45, 2.75) is 65.5 Å². The van der Waals surface area contributed by atoms with E-state index in [0.29, 0.717) is 5.57 Å². The number of aliphatic hydroxyl groups excluding tert-OH is 1. The average Bonchev–Trinajstić information content (AvgIpc) is 2.87. The lowest BCUT2D eigenvalue weighted by atomic mass is 9.67. The van der Waals surface area contributed by atoms with E-state index >= 15 is 0 Å². The molecule has 3 rings (SSSR count). The number of hydrogen-bond donors (Lipinski definition) is 1. The molecule has 0 spiro atoms. The lowest BCUT2D eigenvalue weighted by Crippen LogP contribution is -2.54. The third-order valence-electron chi connectivity index (χ3n) is 6.98. The van der Waals surface area contributed by atoms with E-state index in [2.05, 4.69) is 6.58 Å². The van der Waals surface area contributed by atoms with E-state index in [0.717, 1.165) is 0 Å². The van der Waals surface area contributed by atoms with Crippen LogP contribution in [0.4, 0.5) is 0 Å².